The van der Waals surface area contributed by atoms with Crippen LogP contribution < -0.4 is 5.32 Å². The van der Waals surface area contributed by atoms with Gasteiger partial charge >= 0.3 is 0 Å². The molecule has 0 radical (unpaired) electrons. The average molecular weight is 383 g/mol. The van der Waals surface area contributed by atoms with Gasteiger partial charge in [0.1, 0.15) is 6.04 Å². The zero-order chi connectivity index (χ0) is 19.2. The second kappa shape index (κ2) is 8.87. The van der Waals surface area contributed by atoms with E-state index >= 15 is 0 Å². The molecule has 2 amide bonds. The van der Waals surface area contributed by atoms with E-state index < -0.39 is 6.04 Å². The number of likely N-dealkylation sites (tertiary alicyclic amines) is 1. The molecule has 1 saturated heterocycles. The lowest BCUT2D eigenvalue weighted by molar-refractivity contribution is -0.133. The van der Waals surface area contributed by atoms with Gasteiger partial charge in [0.25, 0.3) is 5.91 Å². The van der Waals surface area contributed by atoms with E-state index in [2.05, 4.69) is 11.9 Å². The first kappa shape index (κ1) is 19.2. The summed E-state index contributed by atoms with van der Waals surface area (Å²) in [6.07, 6.45) is 2.08. The van der Waals surface area contributed by atoms with E-state index in [9.17, 15) is 9.59 Å². The summed E-state index contributed by atoms with van der Waals surface area (Å²) in [4.78, 5) is 27.6. The molecule has 2 aromatic carbocycles. The van der Waals surface area contributed by atoms with Gasteiger partial charge in [-0.2, -0.15) is 0 Å². The van der Waals surface area contributed by atoms with Gasteiger partial charge in [-0.25, -0.2) is 0 Å². The Balaban J connectivity index is 1.76. The van der Waals surface area contributed by atoms with Gasteiger partial charge in [-0.15, -0.1) is 0 Å². The molecular formula is C22H23ClN2O2. The number of rotatable bonds is 5. The zero-order valence-corrected chi connectivity index (χ0v) is 15.9. The van der Waals surface area contributed by atoms with Crippen LogP contribution in [-0.2, 0) is 11.2 Å². The molecule has 27 heavy (non-hydrogen) atoms. The summed E-state index contributed by atoms with van der Waals surface area (Å²) in [5, 5.41) is 3.48. The highest BCUT2D eigenvalue weighted by Gasteiger charge is 2.28. The van der Waals surface area contributed by atoms with E-state index in [0.717, 1.165) is 18.4 Å². The Hall–Kier alpha value is -2.59. The van der Waals surface area contributed by atoms with Crippen molar-refractivity contribution in [1.82, 2.24) is 10.2 Å². The Morgan fingerprint density at radius 3 is 2.30 bits per heavy atom. The minimum absolute atomic E-state index is 0.0475. The molecule has 1 aliphatic heterocycles. The lowest BCUT2D eigenvalue weighted by Gasteiger charge is -2.31. The number of nitrogens with one attached hydrogen (secondary N) is 1. The molecule has 1 heterocycles. The standard InChI is InChI=1S/C22H23ClN2O2/c1-16-11-13-25(14-12-16)22(27)20(15-17-5-3-2-4-6-17)24-21(26)18-7-9-19(23)10-8-18/h2-10,20H,1,11-15H2,(H,24,26). The van der Waals surface area contributed by atoms with Gasteiger partial charge in [0.2, 0.25) is 5.91 Å². The lowest BCUT2D eigenvalue weighted by atomic mass is 10.0. The summed E-state index contributed by atoms with van der Waals surface area (Å²) in [6.45, 7) is 5.30. The van der Waals surface area contributed by atoms with Gasteiger partial charge in [-0.3, -0.25) is 9.59 Å². The Labute approximate surface area is 164 Å². The van der Waals surface area contributed by atoms with Crippen molar-refractivity contribution in [3.05, 3.63) is 82.9 Å². The van der Waals surface area contributed by atoms with Crippen molar-refractivity contribution in [3.8, 4) is 0 Å². The molecule has 0 saturated carbocycles. The number of benzene rings is 2. The third kappa shape index (κ3) is 5.20. The van der Waals surface area contributed by atoms with E-state index in [0.29, 0.717) is 30.1 Å². The van der Waals surface area contributed by atoms with Crippen molar-refractivity contribution in [2.24, 2.45) is 0 Å². The number of hydrogen-bond acceptors (Lipinski definition) is 2. The van der Waals surface area contributed by atoms with Gasteiger partial charge in [0.05, 0.1) is 0 Å². The van der Waals surface area contributed by atoms with E-state index in [1.54, 1.807) is 24.3 Å². The van der Waals surface area contributed by atoms with Crippen molar-refractivity contribution in [2.45, 2.75) is 25.3 Å². The van der Waals surface area contributed by atoms with E-state index in [-0.39, 0.29) is 11.8 Å². The number of nitrogens with zero attached hydrogens (tertiary/aromatic N) is 1. The highest BCUT2D eigenvalue weighted by molar-refractivity contribution is 6.30. The largest absolute Gasteiger partial charge is 0.340 e. The summed E-state index contributed by atoms with van der Waals surface area (Å²) >= 11 is 5.89. The van der Waals surface area contributed by atoms with Crippen molar-refractivity contribution in [1.29, 1.82) is 0 Å². The highest BCUT2D eigenvalue weighted by atomic mass is 35.5. The van der Waals surface area contributed by atoms with Crippen LogP contribution in [0.3, 0.4) is 0 Å². The van der Waals surface area contributed by atoms with Gasteiger partial charge in [0, 0.05) is 30.1 Å². The number of hydrogen-bond donors (Lipinski definition) is 1. The third-order valence-electron chi connectivity index (χ3n) is 4.77. The van der Waals surface area contributed by atoms with Gasteiger partial charge in [0.15, 0.2) is 0 Å². The molecule has 1 aliphatic rings. The molecule has 5 heteroatoms. The number of carbonyl (C=O) groups excluding carboxylic acids is 2. The van der Waals surface area contributed by atoms with Gasteiger partial charge in [-0.1, -0.05) is 54.1 Å². The first-order valence-electron chi connectivity index (χ1n) is 9.09. The SMILES string of the molecule is C=C1CCN(C(=O)C(Cc2ccccc2)NC(=O)c2ccc(Cl)cc2)CC1. The summed E-state index contributed by atoms with van der Waals surface area (Å²) in [5.41, 5.74) is 2.66. The maximum absolute atomic E-state index is 13.1. The molecule has 1 fully saturated rings. The van der Waals surface area contributed by atoms with Crippen LogP contribution in [0, 0.1) is 0 Å². The van der Waals surface area contributed by atoms with Crippen LogP contribution >= 0.6 is 11.6 Å². The van der Waals surface area contributed by atoms with Gasteiger partial charge < -0.3 is 10.2 Å². The molecular weight excluding hydrogens is 360 g/mol. The fourth-order valence-electron chi connectivity index (χ4n) is 3.16. The summed E-state index contributed by atoms with van der Waals surface area (Å²) < 4.78 is 0. The summed E-state index contributed by atoms with van der Waals surface area (Å²) in [6, 6.07) is 15.8. The number of amides is 2. The predicted molar refractivity (Wildman–Crippen MR) is 108 cm³/mol. The molecule has 1 N–H and O–H groups in total. The number of piperidine rings is 1. The Morgan fingerprint density at radius 1 is 1.04 bits per heavy atom. The first-order valence-corrected chi connectivity index (χ1v) is 9.46. The highest BCUT2D eigenvalue weighted by Crippen LogP contribution is 2.17. The van der Waals surface area contributed by atoms with Crippen molar-refractivity contribution >= 4 is 23.4 Å². The molecule has 1 atom stereocenters. The number of carbonyl (C=O) groups is 2. The second-order valence-corrected chi connectivity index (χ2v) is 7.23. The lowest BCUT2D eigenvalue weighted by Crippen LogP contribution is -2.51. The molecule has 0 aliphatic carbocycles. The minimum atomic E-state index is -0.609. The molecule has 1 unspecified atom stereocenters. The monoisotopic (exact) mass is 382 g/mol. The predicted octanol–water partition coefficient (Wildman–Crippen LogP) is 3.86. The van der Waals surface area contributed by atoms with E-state index in [1.165, 1.54) is 5.57 Å². The third-order valence-corrected chi connectivity index (χ3v) is 5.03. The Morgan fingerprint density at radius 2 is 1.67 bits per heavy atom. The molecule has 4 nitrogen and oxygen atoms in total. The van der Waals surface area contributed by atoms with Crippen LogP contribution in [-0.4, -0.2) is 35.8 Å². The smallest absolute Gasteiger partial charge is 0.251 e. The van der Waals surface area contributed by atoms with E-state index in [1.807, 2.05) is 35.2 Å². The van der Waals surface area contributed by atoms with Crippen LogP contribution in [0.5, 0.6) is 0 Å². The molecule has 0 bridgehead atoms. The first-order chi connectivity index (χ1) is 13.0. The fourth-order valence-corrected chi connectivity index (χ4v) is 3.28. The molecule has 0 spiro atoms. The minimum Gasteiger partial charge on any atom is -0.340 e. The zero-order valence-electron chi connectivity index (χ0n) is 15.2. The maximum Gasteiger partial charge on any atom is 0.251 e. The van der Waals surface area contributed by atoms with Crippen molar-refractivity contribution in [3.63, 3.8) is 0 Å². The Bertz CT molecular complexity index is 808. The van der Waals surface area contributed by atoms with Crippen LogP contribution in [0.15, 0.2) is 66.7 Å². The van der Waals surface area contributed by atoms with Crippen molar-refractivity contribution < 1.29 is 9.59 Å². The normalized spacial score (nSPS) is 15.3. The second-order valence-electron chi connectivity index (χ2n) is 6.80. The summed E-state index contributed by atoms with van der Waals surface area (Å²) in [7, 11) is 0. The number of halogens is 1. The maximum atomic E-state index is 13.1. The van der Waals surface area contributed by atoms with Crippen LogP contribution in [0.2, 0.25) is 5.02 Å². The Kier molecular flexibility index (Phi) is 6.30. The van der Waals surface area contributed by atoms with Gasteiger partial charge in [-0.05, 0) is 42.7 Å². The quantitative estimate of drug-likeness (QED) is 0.798. The van der Waals surface area contributed by atoms with Crippen LogP contribution in [0.25, 0.3) is 0 Å². The topological polar surface area (TPSA) is 49.4 Å². The average Bonchev–Trinajstić information content (AvgIpc) is 2.69. The molecule has 140 valence electrons. The van der Waals surface area contributed by atoms with Crippen LogP contribution in [0.1, 0.15) is 28.8 Å². The van der Waals surface area contributed by atoms with Crippen molar-refractivity contribution in [2.75, 3.05) is 13.1 Å². The molecule has 3 rings (SSSR count). The molecule has 2 aromatic rings. The molecule has 0 aromatic heterocycles. The fraction of sp³-hybridized carbons (Fsp3) is 0.273. The summed E-state index contributed by atoms with van der Waals surface area (Å²) in [5.74, 6) is -0.323. The van der Waals surface area contributed by atoms with E-state index in [4.69, 9.17) is 11.6 Å². The van der Waals surface area contributed by atoms with Crippen LogP contribution in [0.4, 0.5) is 0 Å².